The first-order valence-corrected chi connectivity index (χ1v) is 7.15. The smallest absolute Gasteiger partial charge is 0.0475 e. The number of likely N-dealkylation sites (tertiary alicyclic amines) is 2. The second kappa shape index (κ2) is 4.87. The molecular weight excluding hydrogens is 210 g/mol. The summed E-state index contributed by atoms with van der Waals surface area (Å²) in [4.78, 5) is 5.19. The highest BCUT2D eigenvalue weighted by atomic mass is 15.3. The van der Waals surface area contributed by atoms with Gasteiger partial charge in [0.2, 0.25) is 0 Å². The Bertz CT molecular complexity index is 256. The summed E-state index contributed by atoms with van der Waals surface area (Å²) in [6, 6.07) is 1.37. The first kappa shape index (κ1) is 13.3. The van der Waals surface area contributed by atoms with Gasteiger partial charge in [0, 0.05) is 30.7 Å². The van der Waals surface area contributed by atoms with Crippen molar-refractivity contribution in [2.75, 3.05) is 26.7 Å². The average Bonchev–Trinajstić information content (AvgIpc) is 2.55. The minimum atomic E-state index is 0.244. The van der Waals surface area contributed by atoms with E-state index in [0.29, 0.717) is 12.1 Å². The quantitative estimate of drug-likeness (QED) is 0.793. The molecule has 2 heterocycles. The predicted molar refractivity (Wildman–Crippen MR) is 73.1 cm³/mol. The Morgan fingerprint density at radius 3 is 2.41 bits per heavy atom. The van der Waals surface area contributed by atoms with E-state index >= 15 is 0 Å². The number of hydrogen-bond donors (Lipinski definition) is 1. The molecule has 0 spiro atoms. The predicted octanol–water partition coefficient (Wildman–Crippen LogP) is 1.53. The lowest BCUT2D eigenvalue weighted by Crippen LogP contribution is -2.60. The van der Waals surface area contributed by atoms with E-state index in [1.807, 2.05) is 0 Å². The Labute approximate surface area is 106 Å². The molecule has 2 fully saturated rings. The molecule has 0 aromatic heterocycles. The molecule has 3 heteroatoms. The van der Waals surface area contributed by atoms with Crippen molar-refractivity contribution < 1.29 is 0 Å². The lowest BCUT2D eigenvalue weighted by Gasteiger charge is -2.48. The van der Waals surface area contributed by atoms with Gasteiger partial charge < -0.3 is 10.6 Å². The molecule has 0 radical (unpaired) electrons. The van der Waals surface area contributed by atoms with Crippen LogP contribution in [0, 0.1) is 5.92 Å². The van der Waals surface area contributed by atoms with Gasteiger partial charge in [-0.05, 0) is 52.6 Å². The Morgan fingerprint density at radius 1 is 1.24 bits per heavy atom. The fourth-order valence-electron chi connectivity index (χ4n) is 3.98. The molecule has 2 saturated heterocycles. The largest absolute Gasteiger partial charge is 0.329 e. The molecule has 4 atom stereocenters. The first-order valence-electron chi connectivity index (χ1n) is 7.15. The number of hydrogen-bond acceptors (Lipinski definition) is 3. The van der Waals surface area contributed by atoms with Gasteiger partial charge in [-0.3, -0.25) is 4.90 Å². The van der Waals surface area contributed by atoms with E-state index in [0.717, 1.165) is 19.0 Å². The number of likely N-dealkylation sites (N-methyl/N-ethyl adjacent to an activating group) is 1. The van der Waals surface area contributed by atoms with E-state index < -0.39 is 0 Å². The lowest BCUT2D eigenvalue weighted by molar-refractivity contribution is 0.0210. The van der Waals surface area contributed by atoms with Crippen LogP contribution in [-0.4, -0.2) is 54.1 Å². The summed E-state index contributed by atoms with van der Waals surface area (Å²) in [6.07, 6.45) is 3.91. The molecule has 2 aliphatic rings. The van der Waals surface area contributed by atoms with E-state index in [9.17, 15) is 0 Å². The van der Waals surface area contributed by atoms with Crippen molar-refractivity contribution in [1.82, 2.24) is 9.80 Å². The molecule has 2 N–H and O–H groups in total. The van der Waals surface area contributed by atoms with Crippen LogP contribution < -0.4 is 5.73 Å². The van der Waals surface area contributed by atoms with E-state index in [4.69, 9.17) is 5.73 Å². The summed E-state index contributed by atoms with van der Waals surface area (Å²) >= 11 is 0. The van der Waals surface area contributed by atoms with Gasteiger partial charge in [0.15, 0.2) is 0 Å². The van der Waals surface area contributed by atoms with Crippen LogP contribution in [0.3, 0.4) is 0 Å². The molecule has 0 aliphatic carbocycles. The summed E-state index contributed by atoms with van der Waals surface area (Å²) in [6.45, 7) is 10.3. The van der Waals surface area contributed by atoms with Crippen LogP contribution in [0.1, 0.15) is 40.0 Å². The van der Waals surface area contributed by atoms with Gasteiger partial charge in [0.25, 0.3) is 0 Å². The van der Waals surface area contributed by atoms with Gasteiger partial charge >= 0.3 is 0 Å². The third-order valence-corrected chi connectivity index (χ3v) is 5.10. The van der Waals surface area contributed by atoms with Crippen molar-refractivity contribution in [3.63, 3.8) is 0 Å². The molecule has 4 unspecified atom stereocenters. The van der Waals surface area contributed by atoms with Crippen molar-refractivity contribution in [1.29, 1.82) is 0 Å². The van der Waals surface area contributed by atoms with Gasteiger partial charge in [-0.25, -0.2) is 0 Å². The zero-order valence-electron chi connectivity index (χ0n) is 11.9. The minimum Gasteiger partial charge on any atom is -0.329 e. The molecular formula is C14H29N3. The SMILES string of the molecule is CC1CCN(C2(CN)CC(C)N(C)C2)C(C)C1. The molecule has 0 aromatic carbocycles. The molecule has 100 valence electrons. The van der Waals surface area contributed by atoms with Crippen LogP contribution in [0.15, 0.2) is 0 Å². The zero-order chi connectivity index (χ0) is 12.6. The number of rotatable bonds is 2. The Balaban J connectivity index is 2.13. The van der Waals surface area contributed by atoms with Crippen LogP contribution in [0.4, 0.5) is 0 Å². The van der Waals surface area contributed by atoms with Crippen molar-refractivity contribution in [3.8, 4) is 0 Å². The maximum absolute atomic E-state index is 6.15. The third kappa shape index (κ3) is 2.38. The van der Waals surface area contributed by atoms with Crippen LogP contribution >= 0.6 is 0 Å². The van der Waals surface area contributed by atoms with E-state index in [2.05, 4.69) is 37.6 Å². The van der Waals surface area contributed by atoms with Crippen LogP contribution in [0.2, 0.25) is 0 Å². The summed E-state index contributed by atoms with van der Waals surface area (Å²) in [7, 11) is 2.24. The van der Waals surface area contributed by atoms with Crippen LogP contribution in [-0.2, 0) is 0 Å². The molecule has 17 heavy (non-hydrogen) atoms. The maximum Gasteiger partial charge on any atom is 0.0475 e. The number of nitrogens with zero attached hydrogens (tertiary/aromatic N) is 2. The molecule has 2 aliphatic heterocycles. The first-order chi connectivity index (χ1) is 7.98. The van der Waals surface area contributed by atoms with E-state index in [1.54, 1.807) is 0 Å². The second-order valence-corrected chi connectivity index (χ2v) is 6.57. The Kier molecular flexibility index (Phi) is 3.81. The van der Waals surface area contributed by atoms with E-state index in [-0.39, 0.29) is 5.54 Å². The van der Waals surface area contributed by atoms with Crippen molar-refractivity contribution in [2.24, 2.45) is 11.7 Å². The topological polar surface area (TPSA) is 32.5 Å². The second-order valence-electron chi connectivity index (χ2n) is 6.57. The molecule has 3 nitrogen and oxygen atoms in total. The zero-order valence-corrected chi connectivity index (χ0v) is 11.9. The monoisotopic (exact) mass is 239 g/mol. The van der Waals surface area contributed by atoms with Gasteiger partial charge in [0.05, 0.1) is 0 Å². The van der Waals surface area contributed by atoms with Crippen molar-refractivity contribution >= 4 is 0 Å². The normalized spacial score (nSPS) is 45.4. The van der Waals surface area contributed by atoms with Crippen molar-refractivity contribution in [2.45, 2.75) is 57.7 Å². The number of nitrogens with two attached hydrogens (primary N) is 1. The van der Waals surface area contributed by atoms with Gasteiger partial charge in [-0.15, -0.1) is 0 Å². The van der Waals surface area contributed by atoms with E-state index in [1.165, 1.54) is 25.8 Å². The highest BCUT2D eigenvalue weighted by Gasteiger charge is 2.46. The summed E-state index contributed by atoms with van der Waals surface area (Å²) in [5.74, 6) is 0.882. The number of piperidine rings is 1. The Hall–Kier alpha value is -0.120. The van der Waals surface area contributed by atoms with Crippen molar-refractivity contribution in [3.05, 3.63) is 0 Å². The van der Waals surface area contributed by atoms with Crippen LogP contribution in [0.5, 0.6) is 0 Å². The van der Waals surface area contributed by atoms with Gasteiger partial charge in [0.1, 0.15) is 0 Å². The molecule has 2 rings (SSSR count). The molecule has 0 amide bonds. The fraction of sp³-hybridized carbons (Fsp3) is 1.00. The summed E-state index contributed by atoms with van der Waals surface area (Å²) in [5, 5.41) is 0. The molecule has 0 bridgehead atoms. The third-order valence-electron chi connectivity index (χ3n) is 5.10. The fourth-order valence-corrected chi connectivity index (χ4v) is 3.98. The van der Waals surface area contributed by atoms with Gasteiger partial charge in [-0.1, -0.05) is 6.92 Å². The standard InChI is InChI=1S/C14H29N3/c1-11-5-6-17(12(2)7-11)14(9-15)8-13(3)16(4)10-14/h11-13H,5-10,15H2,1-4H3. The molecule has 0 saturated carbocycles. The Morgan fingerprint density at radius 2 is 1.94 bits per heavy atom. The lowest BCUT2D eigenvalue weighted by atomic mass is 9.85. The minimum absolute atomic E-state index is 0.244. The summed E-state index contributed by atoms with van der Waals surface area (Å²) in [5.41, 5.74) is 6.40. The molecule has 0 aromatic rings. The highest BCUT2D eigenvalue weighted by Crippen LogP contribution is 2.36. The average molecular weight is 239 g/mol. The van der Waals surface area contributed by atoms with Crippen LogP contribution in [0.25, 0.3) is 0 Å². The maximum atomic E-state index is 6.15. The highest BCUT2D eigenvalue weighted by molar-refractivity contribution is 5.04. The summed E-state index contributed by atoms with van der Waals surface area (Å²) < 4.78 is 0. The van der Waals surface area contributed by atoms with Gasteiger partial charge in [-0.2, -0.15) is 0 Å².